The molecule has 0 bridgehead atoms. The molecule has 0 saturated carbocycles. The van der Waals surface area contributed by atoms with Gasteiger partial charge in [0.05, 0.1) is 0 Å². The van der Waals surface area contributed by atoms with Gasteiger partial charge in [-0.3, -0.25) is 0 Å². The summed E-state index contributed by atoms with van der Waals surface area (Å²) in [5.41, 5.74) is 9.46. The van der Waals surface area contributed by atoms with Crippen molar-refractivity contribution in [3.8, 4) is 0 Å². The van der Waals surface area contributed by atoms with Crippen molar-refractivity contribution in [2.45, 2.75) is 26.7 Å². The molecular weight excluding hydrogens is 671 g/mol. The molecule has 0 spiro atoms. The number of halogens is 2. The summed E-state index contributed by atoms with van der Waals surface area (Å²) in [5.74, 6) is -1.65. The van der Waals surface area contributed by atoms with Gasteiger partial charge in [-0.15, -0.1) is 0 Å². The minimum absolute atomic E-state index is 0. The third-order valence-corrected chi connectivity index (χ3v) is 30.6. The van der Waals surface area contributed by atoms with Crippen LogP contribution in [0.2, 0.25) is 0 Å². The van der Waals surface area contributed by atoms with E-state index in [1.165, 1.54) is 32.7 Å². The van der Waals surface area contributed by atoms with E-state index in [2.05, 4.69) is 147 Å². The van der Waals surface area contributed by atoms with Crippen molar-refractivity contribution >= 4 is 44.4 Å². The van der Waals surface area contributed by atoms with Gasteiger partial charge in [-0.25, -0.2) is 0 Å². The van der Waals surface area contributed by atoms with Crippen LogP contribution in [0.4, 0.5) is 0 Å². The molecule has 0 fully saturated rings. The van der Waals surface area contributed by atoms with Gasteiger partial charge in [0.2, 0.25) is 0 Å². The Bertz CT molecular complexity index is 1920. The number of benzene rings is 6. The summed E-state index contributed by atoms with van der Waals surface area (Å²) in [6.45, 7) is 4.92. The van der Waals surface area contributed by atoms with Gasteiger partial charge in [-0.1, -0.05) is 0 Å². The molecule has 2 aliphatic rings. The Kier molecular flexibility index (Phi) is 9.00. The molecule has 4 heteroatoms. The molecule has 0 unspecified atom stereocenters. The third-order valence-electron chi connectivity index (χ3n) is 9.39. The molecule has 0 amide bonds. The molecule has 0 saturated heterocycles. The monoisotopic (exact) mass is 701 g/mol. The molecule has 8 rings (SSSR count). The first kappa shape index (κ1) is 31.0. The van der Waals surface area contributed by atoms with Crippen LogP contribution in [-0.4, -0.2) is 5.92 Å². The molecule has 6 aromatic carbocycles. The summed E-state index contributed by atoms with van der Waals surface area (Å²) in [6, 6.07) is 51.1. The zero-order valence-corrected chi connectivity index (χ0v) is 30.1. The van der Waals surface area contributed by atoms with E-state index in [9.17, 15) is 0 Å². The minimum Gasteiger partial charge on any atom is -1.00 e. The second-order valence-corrected chi connectivity index (χ2v) is 26.3. The van der Waals surface area contributed by atoms with E-state index in [0.29, 0.717) is 0 Å². The van der Waals surface area contributed by atoms with Crippen LogP contribution in [-0.2, 0) is 33.8 Å². The fourth-order valence-corrected chi connectivity index (χ4v) is 33.2. The standard InChI is InChI=1S/2C14H11.C12H11Si.2ClH.Zr/c2*1-10-8-12-7-6-11-4-2-3-5-13(11)14(12)9-10;1-3-7-11(8-4-1)13-12-9-5-2-6-10-12;;;/h2*2-7H,8H2,1H3;1-10,13H;2*1H;/q;;;;;+2/p-2. The number of fused-ring (bicyclic) bond motifs is 6. The predicted molar refractivity (Wildman–Crippen MR) is 180 cm³/mol. The molecule has 0 aromatic heterocycles. The Morgan fingerprint density at radius 1 is 0.455 bits per heavy atom. The largest absolute Gasteiger partial charge is 1.00 e. The summed E-state index contributed by atoms with van der Waals surface area (Å²) in [6.07, 6.45) is 2.16. The molecule has 0 radical (unpaired) electrons. The summed E-state index contributed by atoms with van der Waals surface area (Å²) >= 11 is -2.70. The van der Waals surface area contributed by atoms with Crippen LogP contribution >= 0.6 is 0 Å². The molecular formula is C40H33Cl2SiZr. The molecule has 0 aliphatic heterocycles. The van der Waals surface area contributed by atoms with Gasteiger partial charge in [0.1, 0.15) is 0 Å². The Hall–Kier alpha value is -3.00. The van der Waals surface area contributed by atoms with Crippen LogP contribution in [0.1, 0.15) is 36.1 Å². The van der Waals surface area contributed by atoms with E-state index in [0.717, 1.165) is 12.8 Å². The van der Waals surface area contributed by atoms with E-state index in [4.69, 9.17) is 0 Å². The molecule has 0 atom stereocenters. The first-order valence-corrected chi connectivity index (χ1v) is 23.5. The smallest absolute Gasteiger partial charge is 1.00 e. The maximum absolute atomic E-state index is 2.70. The first-order chi connectivity index (χ1) is 20.7. The Balaban J connectivity index is 0.00000171. The molecule has 0 nitrogen and oxygen atoms in total. The van der Waals surface area contributed by atoms with Gasteiger partial charge in [0.15, 0.2) is 0 Å². The van der Waals surface area contributed by atoms with Crippen molar-refractivity contribution in [2.75, 3.05) is 0 Å². The summed E-state index contributed by atoms with van der Waals surface area (Å²) in [5, 5.41) is 8.83. The molecule has 0 N–H and O–H groups in total. The van der Waals surface area contributed by atoms with E-state index < -0.39 is 26.8 Å². The Labute approximate surface area is 281 Å². The molecule has 2 aliphatic carbocycles. The number of allylic oxidation sites excluding steroid dienone is 2. The van der Waals surface area contributed by atoms with Crippen LogP contribution in [0.5, 0.6) is 0 Å². The van der Waals surface area contributed by atoms with E-state index in [1.54, 1.807) is 39.2 Å². The predicted octanol–water partition coefficient (Wildman–Crippen LogP) is 2.43. The van der Waals surface area contributed by atoms with Crippen molar-refractivity contribution in [3.05, 3.63) is 167 Å². The fourth-order valence-electron chi connectivity index (χ4n) is 7.65. The second-order valence-electron chi connectivity index (χ2n) is 12.0. The normalized spacial score (nSPS) is 13.6. The summed E-state index contributed by atoms with van der Waals surface area (Å²) in [4.78, 5) is 0. The number of rotatable bonds is 5. The Morgan fingerprint density at radius 2 is 0.841 bits per heavy atom. The van der Waals surface area contributed by atoms with Crippen LogP contribution in [0.25, 0.3) is 28.1 Å². The number of hydrogen-bond acceptors (Lipinski definition) is 0. The Morgan fingerprint density at radius 3 is 1.27 bits per heavy atom. The quantitative estimate of drug-likeness (QED) is 0.243. The van der Waals surface area contributed by atoms with Crippen LogP contribution in [0, 0.1) is 0 Å². The van der Waals surface area contributed by atoms with Gasteiger partial charge < -0.3 is 24.8 Å². The zero-order valence-electron chi connectivity index (χ0n) is 24.9. The minimum atomic E-state index is -2.70. The van der Waals surface area contributed by atoms with Crippen molar-refractivity contribution < 1.29 is 45.7 Å². The van der Waals surface area contributed by atoms with Crippen molar-refractivity contribution in [2.24, 2.45) is 0 Å². The molecule has 6 aromatic rings. The maximum atomic E-state index is 2.46. The maximum Gasteiger partial charge on any atom is -1.00 e. The average Bonchev–Trinajstić information content (AvgIpc) is 3.56. The van der Waals surface area contributed by atoms with Gasteiger partial charge >= 0.3 is 259 Å². The first-order valence-electron chi connectivity index (χ1n) is 15.1. The zero-order chi connectivity index (χ0) is 28.2. The third kappa shape index (κ3) is 5.11. The number of hydrogen-bond donors (Lipinski definition) is 0. The van der Waals surface area contributed by atoms with E-state index >= 15 is 0 Å². The summed E-state index contributed by atoms with van der Waals surface area (Å²) < 4.78 is 3.56. The van der Waals surface area contributed by atoms with Gasteiger partial charge in [-0.2, -0.15) is 0 Å². The fraction of sp³-hybridized carbons (Fsp3) is 0.100. The van der Waals surface area contributed by atoms with Gasteiger partial charge in [0.25, 0.3) is 0 Å². The van der Waals surface area contributed by atoms with Gasteiger partial charge in [0, 0.05) is 0 Å². The summed E-state index contributed by atoms with van der Waals surface area (Å²) in [7, 11) is 0. The SMILES string of the molecule is CC1=[C]([Zr+2]([C]2=C(C)Cc3ccc4ccccc4c32)[SiH](c2ccccc2)c2ccccc2)c2c(ccc3ccccc23)C1.[Cl-].[Cl-]. The van der Waals surface area contributed by atoms with Crippen molar-refractivity contribution in [1.29, 1.82) is 0 Å². The van der Waals surface area contributed by atoms with Crippen LogP contribution in [0.3, 0.4) is 0 Å². The topological polar surface area (TPSA) is 0 Å². The second kappa shape index (κ2) is 12.8. The molecule has 0 heterocycles. The van der Waals surface area contributed by atoms with Crippen molar-refractivity contribution in [3.63, 3.8) is 0 Å². The van der Waals surface area contributed by atoms with Crippen LogP contribution < -0.4 is 35.2 Å². The van der Waals surface area contributed by atoms with E-state index in [1.807, 2.05) is 0 Å². The molecule has 44 heavy (non-hydrogen) atoms. The van der Waals surface area contributed by atoms with E-state index in [-0.39, 0.29) is 24.8 Å². The average molecular weight is 704 g/mol. The van der Waals surface area contributed by atoms with Crippen LogP contribution in [0.15, 0.2) is 145 Å². The van der Waals surface area contributed by atoms with Crippen molar-refractivity contribution in [1.82, 2.24) is 0 Å². The van der Waals surface area contributed by atoms with Gasteiger partial charge in [-0.05, 0) is 0 Å². The molecule has 215 valence electrons.